The van der Waals surface area contributed by atoms with Crippen molar-refractivity contribution in [3.05, 3.63) is 0 Å². The fourth-order valence-electron chi connectivity index (χ4n) is 0.909. The van der Waals surface area contributed by atoms with E-state index in [1.54, 1.807) is 0 Å². The Bertz CT molecular complexity index is 81.1. The van der Waals surface area contributed by atoms with E-state index in [4.69, 9.17) is 15.6 Å². The lowest BCUT2D eigenvalue weighted by atomic mass is 9.92. The molecule has 1 aliphatic rings. The molecule has 1 aliphatic carbocycles. The van der Waals surface area contributed by atoms with Gasteiger partial charge in [-0.3, -0.25) is 0 Å². The highest BCUT2D eigenvalue weighted by Crippen LogP contribution is 2.22. The molecule has 0 unspecified atom stereocenters. The Morgan fingerprint density at radius 2 is 2.22 bits per heavy atom. The van der Waals surface area contributed by atoms with Crippen molar-refractivity contribution in [1.29, 1.82) is 0 Å². The number of rotatable bonds is 3. The minimum Gasteiger partial charge on any atom is -0.393 e. The highest BCUT2D eigenvalue weighted by atomic mass is 16.5. The molecule has 0 aromatic carbocycles. The lowest BCUT2D eigenvalue weighted by Gasteiger charge is -2.30. The fraction of sp³-hybridized carbons (Fsp3) is 1.00. The molecule has 0 aromatic rings. The van der Waals surface area contributed by atoms with E-state index in [1.165, 1.54) is 0 Å². The van der Waals surface area contributed by atoms with Crippen LogP contribution in [0.15, 0.2) is 0 Å². The van der Waals surface area contributed by atoms with Gasteiger partial charge in [0.2, 0.25) is 0 Å². The van der Waals surface area contributed by atoms with E-state index < -0.39 is 0 Å². The van der Waals surface area contributed by atoms with Gasteiger partial charge < -0.3 is 15.6 Å². The van der Waals surface area contributed by atoms with Crippen molar-refractivity contribution < 1.29 is 9.84 Å². The minimum absolute atomic E-state index is 0.118. The van der Waals surface area contributed by atoms with E-state index in [2.05, 4.69) is 0 Å². The monoisotopic (exact) mass is 131 g/mol. The molecule has 0 aliphatic heterocycles. The number of hydrogen-bond donors (Lipinski definition) is 2. The summed E-state index contributed by atoms with van der Waals surface area (Å²) in [5.74, 6) is 0. The van der Waals surface area contributed by atoms with Crippen molar-refractivity contribution in [1.82, 2.24) is 0 Å². The molecule has 3 N–H and O–H groups in total. The molecule has 0 aromatic heterocycles. The zero-order chi connectivity index (χ0) is 6.69. The third-order valence-electron chi connectivity index (χ3n) is 1.54. The molecule has 0 saturated heterocycles. The molecule has 0 atom stereocenters. The summed E-state index contributed by atoms with van der Waals surface area (Å²) in [7, 11) is 0. The smallest absolute Gasteiger partial charge is 0.0625 e. The summed E-state index contributed by atoms with van der Waals surface area (Å²) in [5, 5.41) is 8.81. The number of hydrogen-bond acceptors (Lipinski definition) is 3. The van der Waals surface area contributed by atoms with Gasteiger partial charge in [-0.1, -0.05) is 0 Å². The van der Waals surface area contributed by atoms with Gasteiger partial charge in [0.25, 0.3) is 0 Å². The van der Waals surface area contributed by atoms with Gasteiger partial charge >= 0.3 is 0 Å². The molecule has 3 heteroatoms. The highest BCUT2D eigenvalue weighted by Gasteiger charge is 2.27. The first-order valence-electron chi connectivity index (χ1n) is 3.32. The molecule has 0 heterocycles. The second-order valence-electron chi connectivity index (χ2n) is 2.41. The largest absolute Gasteiger partial charge is 0.393 e. The van der Waals surface area contributed by atoms with Crippen LogP contribution in [0.2, 0.25) is 0 Å². The maximum absolute atomic E-state index is 8.81. The topological polar surface area (TPSA) is 55.5 Å². The lowest BCUT2D eigenvalue weighted by Crippen LogP contribution is -2.36. The number of aliphatic hydroxyl groups excluding tert-OH is 1. The maximum atomic E-state index is 8.81. The molecule has 54 valence electrons. The third-order valence-corrected chi connectivity index (χ3v) is 1.54. The summed E-state index contributed by atoms with van der Waals surface area (Å²) >= 11 is 0. The van der Waals surface area contributed by atoms with Crippen molar-refractivity contribution >= 4 is 0 Å². The summed E-state index contributed by atoms with van der Waals surface area (Å²) in [6, 6.07) is 0. The van der Waals surface area contributed by atoms with Crippen molar-refractivity contribution in [2.24, 2.45) is 5.73 Å². The van der Waals surface area contributed by atoms with Gasteiger partial charge in [-0.2, -0.15) is 0 Å². The van der Waals surface area contributed by atoms with Crippen LogP contribution < -0.4 is 5.73 Å². The van der Waals surface area contributed by atoms with Gasteiger partial charge in [0.1, 0.15) is 0 Å². The fourth-order valence-corrected chi connectivity index (χ4v) is 0.909. The van der Waals surface area contributed by atoms with Gasteiger partial charge in [-0.15, -0.1) is 0 Å². The van der Waals surface area contributed by atoms with Crippen LogP contribution >= 0.6 is 0 Å². The van der Waals surface area contributed by atoms with E-state index >= 15 is 0 Å². The Morgan fingerprint density at radius 3 is 2.67 bits per heavy atom. The van der Waals surface area contributed by atoms with E-state index in [0.29, 0.717) is 13.2 Å². The Kier molecular flexibility index (Phi) is 2.45. The molecule has 3 nitrogen and oxygen atoms in total. The van der Waals surface area contributed by atoms with Gasteiger partial charge in [-0.05, 0) is 12.8 Å². The van der Waals surface area contributed by atoms with Crippen molar-refractivity contribution in [3.63, 3.8) is 0 Å². The van der Waals surface area contributed by atoms with Crippen LogP contribution in [-0.4, -0.2) is 30.5 Å². The Morgan fingerprint density at radius 1 is 1.56 bits per heavy atom. The molecule has 0 amide bonds. The molecular weight excluding hydrogens is 118 g/mol. The van der Waals surface area contributed by atoms with E-state index in [9.17, 15) is 0 Å². The minimum atomic E-state index is -0.118. The zero-order valence-electron chi connectivity index (χ0n) is 5.42. The molecule has 0 radical (unpaired) electrons. The van der Waals surface area contributed by atoms with Gasteiger partial charge in [0, 0.05) is 6.54 Å². The molecule has 9 heavy (non-hydrogen) atoms. The summed E-state index contributed by atoms with van der Waals surface area (Å²) in [4.78, 5) is 0. The standard InChI is InChI=1S/C6H13NO2/c7-1-2-9-6-3-5(8)4-6/h5-6,8H,1-4,7H2. The van der Waals surface area contributed by atoms with Crippen molar-refractivity contribution in [3.8, 4) is 0 Å². The van der Waals surface area contributed by atoms with E-state index in [-0.39, 0.29) is 12.2 Å². The Labute approximate surface area is 54.8 Å². The zero-order valence-corrected chi connectivity index (χ0v) is 5.42. The van der Waals surface area contributed by atoms with Crippen LogP contribution in [0.3, 0.4) is 0 Å². The average molecular weight is 131 g/mol. The molecule has 1 saturated carbocycles. The Hall–Kier alpha value is -0.120. The first-order chi connectivity index (χ1) is 4.33. The first-order valence-corrected chi connectivity index (χ1v) is 3.32. The van der Waals surface area contributed by atoms with Gasteiger partial charge in [0.15, 0.2) is 0 Å². The van der Waals surface area contributed by atoms with Gasteiger partial charge in [-0.25, -0.2) is 0 Å². The van der Waals surface area contributed by atoms with E-state index in [0.717, 1.165) is 12.8 Å². The molecule has 1 fully saturated rings. The summed E-state index contributed by atoms with van der Waals surface area (Å²) in [5.41, 5.74) is 5.20. The van der Waals surface area contributed by atoms with Crippen molar-refractivity contribution in [2.45, 2.75) is 25.0 Å². The normalized spacial score (nSPS) is 34.0. The van der Waals surface area contributed by atoms with Crippen LogP contribution in [0.5, 0.6) is 0 Å². The van der Waals surface area contributed by atoms with Gasteiger partial charge in [0.05, 0.1) is 18.8 Å². The molecule has 1 rings (SSSR count). The van der Waals surface area contributed by atoms with Crippen molar-refractivity contribution in [2.75, 3.05) is 13.2 Å². The SMILES string of the molecule is NCCOC1CC(O)C1. The summed E-state index contributed by atoms with van der Waals surface area (Å²) in [6.07, 6.45) is 1.75. The first kappa shape index (κ1) is 6.99. The number of ether oxygens (including phenoxy) is 1. The second kappa shape index (κ2) is 3.15. The Balaban J connectivity index is 1.91. The number of nitrogens with two attached hydrogens (primary N) is 1. The second-order valence-corrected chi connectivity index (χ2v) is 2.41. The molecule has 0 spiro atoms. The number of aliphatic hydroxyl groups is 1. The van der Waals surface area contributed by atoms with Crippen LogP contribution in [0.25, 0.3) is 0 Å². The predicted octanol–water partition coefficient (Wildman–Crippen LogP) is -0.515. The maximum Gasteiger partial charge on any atom is 0.0625 e. The van der Waals surface area contributed by atoms with Crippen LogP contribution in [-0.2, 0) is 4.74 Å². The molecular formula is C6H13NO2. The third kappa shape index (κ3) is 1.93. The lowest BCUT2D eigenvalue weighted by molar-refractivity contribution is -0.0681. The summed E-state index contributed by atoms with van der Waals surface area (Å²) in [6.45, 7) is 1.20. The van der Waals surface area contributed by atoms with Crippen LogP contribution in [0.4, 0.5) is 0 Å². The highest BCUT2D eigenvalue weighted by molar-refractivity contribution is 4.78. The van der Waals surface area contributed by atoms with Crippen LogP contribution in [0.1, 0.15) is 12.8 Å². The molecule has 0 bridgehead atoms. The predicted molar refractivity (Wildman–Crippen MR) is 34.0 cm³/mol. The summed E-state index contributed by atoms with van der Waals surface area (Å²) < 4.78 is 5.21. The van der Waals surface area contributed by atoms with Crippen LogP contribution in [0, 0.1) is 0 Å². The average Bonchev–Trinajstić information content (AvgIpc) is 1.78. The quantitative estimate of drug-likeness (QED) is 0.542. The van der Waals surface area contributed by atoms with E-state index in [1.807, 2.05) is 0 Å².